The first-order valence-electron chi connectivity index (χ1n) is 13.3. The van der Waals surface area contributed by atoms with Crippen LogP contribution in [-0.2, 0) is 11.2 Å². The molecule has 6 heteroatoms. The molecule has 192 valence electrons. The molecule has 2 saturated heterocycles. The fraction of sp³-hybridized carbons (Fsp3) is 0.655. The van der Waals surface area contributed by atoms with Gasteiger partial charge in [-0.25, -0.2) is 0 Å². The number of hydrogen-bond donors (Lipinski definition) is 0. The lowest BCUT2D eigenvalue weighted by Gasteiger charge is -2.42. The normalized spacial score (nSPS) is 19.9. The van der Waals surface area contributed by atoms with Gasteiger partial charge in [-0.15, -0.1) is 0 Å². The fourth-order valence-corrected chi connectivity index (χ4v) is 5.50. The number of rotatable bonds is 7. The van der Waals surface area contributed by atoms with Crippen LogP contribution in [0.3, 0.4) is 0 Å². The van der Waals surface area contributed by atoms with Crippen LogP contribution in [0.5, 0.6) is 0 Å². The van der Waals surface area contributed by atoms with Gasteiger partial charge in [0.2, 0.25) is 5.91 Å². The number of carbonyl (C=O) groups excluding carboxylic acids is 1. The molecule has 0 aliphatic carbocycles. The summed E-state index contributed by atoms with van der Waals surface area (Å²) in [6, 6.07) is 5.01. The molecule has 2 aliphatic rings. The van der Waals surface area contributed by atoms with Crippen LogP contribution >= 0.6 is 0 Å². The van der Waals surface area contributed by atoms with Gasteiger partial charge in [0.1, 0.15) is 0 Å². The van der Waals surface area contributed by atoms with Crippen LogP contribution in [-0.4, -0.2) is 72.6 Å². The highest BCUT2D eigenvalue weighted by atomic mass is 16.2. The third-order valence-electron chi connectivity index (χ3n) is 7.82. The SMILES string of the molecule is CN=Cc1cc(CC(C)C(=O)N2CCC(N3CCC(/C(C)=N/N=C(C)C)CC3)CC2)cc(C)c1C. The lowest BCUT2D eigenvalue weighted by Crippen LogP contribution is -2.50. The van der Waals surface area contributed by atoms with Gasteiger partial charge in [-0.05, 0) is 108 Å². The van der Waals surface area contributed by atoms with Crippen LogP contribution in [0.4, 0.5) is 0 Å². The van der Waals surface area contributed by atoms with Crippen molar-refractivity contribution in [1.29, 1.82) is 0 Å². The molecule has 3 rings (SSSR count). The van der Waals surface area contributed by atoms with Crippen LogP contribution in [0, 0.1) is 25.7 Å². The first-order valence-corrected chi connectivity index (χ1v) is 13.3. The quantitative estimate of drug-likeness (QED) is 0.404. The Morgan fingerprint density at radius 3 is 2.29 bits per heavy atom. The van der Waals surface area contributed by atoms with Gasteiger partial charge in [-0.3, -0.25) is 9.79 Å². The highest BCUT2D eigenvalue weighted by Gasteiger charge is 2.31. The Bertz CT molecular complexity index is 960. The Balaban J connectivity index is 1.49. The Hall–Kier alpha value is -2.34. The maximum atomic E-state index is 13.2. The lowest BCUT2D eigenvalue weighted by molar-refractivity contribution is -0.136. The van der Waals surface area contributed by atoms with E-state index in [0.29, 0.717) is 17.9 Å². The monoisotopic (exact) mass is 479 g/mol. The fourth-order valence-electron chi connectivity index (χ4n) is 5.50. The molecule has 0 aromatic heterocycles. The average molecular weight is 480 g/mol. The highest BCUT2D eigenvalue weighted by molar-refractivity contribution is 5.86. The number of benzene rings is 1. The van der Waals surface area contributed by atoms with Crippen molar-refractivity contribution in [3.8, 4) is 0 Å². The van der Waals surface area contributed by atoms with Crippen LogP contribution < -0.4 is 0 Å². The molecule has 6 nitrogen and oxygen atoms in total. The summed E-state index contributed by atoms with van der Waals surface area (Å²) in [4.78, 5) is 22.2. The minimum Gasteiger partial charge on any atom is -0.342 e. The van der Waals surface area contributed by atoms with Crippen molar-refractivity contribution < 1.29 is 4.79 Å². The molecule has 1 atom stereocenters. The van der Waals surface area contributed by atoms with Crippen molar-refractivity contribution >= 4 is 23.5 Å². The topological polar surface area (TPSA) is 60.6 Å². The van der Waals surface area contributed by atoms with E-state index in [-0.39, 0.29) is 5.92 Å². The van der Waals surface area contributed by atoms with E-state index in [1.807, 2.05) is 20.1 Å². The highest BCUT2D eigenvalue weighted by Crippen LogP contribution is 2.26. The number of piperidine rings is 2. The summed E-state index contributed by atoms with van der Waals surface area (Å²) >= 11 is 0. The molecule has 0 radical (unpaired) electrons. The van der Waals surface area contributed by atoms with E-state index in [2.05, 4.69) is 64.8 Å². The number of hydrogen-bond acceptors (Lipinski definition) is 5. The first-order chi connectivity index (χ1) is 16.7. The summed E-state index contributed by atoms with van der Waals surface area (Å²) < 4.78 is 0. The number of likely N-dealkylation sites (tertiary alicyclic amines) is 2. The average Bonchev–Trinajstić information content (AvgIpc) is 2.85. The van der Waals surface area contributed by atoms with Crippen molar-refractivity contribution in [2.45, 2.75) is 79.7 Å². The van der Waals surface area contributed by atoms with Crippen molar-refractivity contribution in [2.24, 2.45) is 27.0 Å². The molecule has 1 unspecified atom stereocenters. The molecule has 2 fully saturated rings. The number of nitrogens with zero attached hydrogens (tertiary/aromatic N) is 5. The molecule has 1 aromatic carbocycles. The van der Waals surface area contributed by atoms with Gasteiger partial charge in [-0.1, -0.05) is 13.0 Å². The van der Waals surface area contributed by atoms with Crippen LogP contribution in [0.1, 0.15) is 75.6 Å². The molecular weight excluding hydrogens is 434 g/mol. The second-order valence-corrected chi connectivity index (χ2v) is 10.8. The Kier molecular flexibility index (Phi) is 9.79. The standard InChI is InChI=1S/C29H45N5O/c1-20(2)31-32-24(6)26-8-12-33(13-9-26)28-10-14-34(15-11-28)29(35)22(4)17-25-16-21(3)23(5)27(18-25)19-30-7/h16,18-19,22,26,28H,8-15,17H2,1-7H3/b30-19?,32-24+. The molecule has 0 saturated carbocycles. The Morgan fingerprint density at radius 1 is 1.03 bits per heavy atom. The van der Waals surface area contributed by atoms with E-state index in [0.717, 1.165) is 75.3 Å². The molecule has 2 aliphatic heterocycles. The number of aliphatic imine (C=N–C) groups is 1. The molecule has 0 spiro atoms. The van der Waals surface area contributed by atoms with E-state index >= 15 is 0 Å². The van der Waals surface area contributed by atoms with Crippen molar-refractivity contribution in [2.75, 3.05) is 33.2 Å². The maximum Gasteiger partial charge on any atom is 0.225 e. The van der Waals surface area contributed by atoms with Gasteiger partial charge in [0.25, 0.3) is 0 Å². The Morgan fingerprint density at radius 2 is 1.69 bits per heavy atom. The van der Waals surface area contributed by atoms with E-state index < -0.39 is 0 Å². The molecule has 0 bridgehead atoms. The molecule has 1 amide bonds. The summed E-state index contributed by atoms with van der Waals surface area (Å²) in [5, 5.41) is 8.66. The summed E-state index contributed by atoms with van der Waals surface area (Å²) in [5.74, 6) is 0.837. The largest absolute Gasteiger partial charge is 0.342 e. The van der Waals surface area contributed by atoms with Crippen molar-refractivity contribution in [3.05, 3.63) is 34.4 Å². The number of aryl methyl sites for hydroxylation is 1. The smallest absolute Gasteiger partial charge is 0.225 e. The predicted octanol–water partition coefficient (Wildman–Crippen LogP) is 5.09. The van der Waals surface area contributed by atoms with E-state index in [1.165, 1.54) is 16.7 Å². The van der Waals surface area contributed by atoms with E-state index in [4.69, 9.17) is 0 Å². The minimum atomic E-state index is -0.00695. The lowest BCUT2D eigenvalue weighted by atomic mass is 9.90. The zero-order valence-corrected chi connectivity index (χ0v) is 23.0. The Labute approximate surface area is 212 Å². The second kappa shape index (κ2) is 12.6. The summed E-state index contributed by atoms with van der Waals surface area (Å²) in [6.07, 6.45) is 7.17. The van der Waals surface area contributed by atoms with Crippen molar-refractivity contribution in [1.82, 2.24) is 9.80 Å². The molecular formula is C29H45N5O. The van der Waals surface area contributed by atoms with Gasteiger partial charge in [0, 0.05) is 55.7 Å². The summed E-state index contributed by atoms with van der Waals surface area (Å²) in [6.45, 7) is 16.4. The molecule has 1 aromatic rings. The zero-order chi connectivity index (χ0) is 25.5. The summed E-state index contributed by atoms with van der Waals surface area (Å²) in [7, 11) is 1.80. The van der Waals surface area contributed by atoms with Gasteiger partial charge >= 0.3 is 0 Å². The van der Waals surface area contributed by atoms with Crippen LogP contribution in [0.15, 0.2) is 27.3 Å². The number of amides is 1. The third-order valence-corrected chi connectivity index (χ3v) is 7.82. The van der Waals surface area contributed by atoms with Gasteiger partial charge < -0.3 is 9.80 Å². The first kappa shape index (κ1) is 27.3. The molecule has 35 heavy (non-hydrogen) atoms. The van der Waals surface area contributed by atoms with Gasteiger partial charge in [-0.2, -0.15) is 10.2 Å². The number of carbonyl (C=O) groups is 1. The van der Waals surface area contributed by atoms with Crippen LogP contribution in [0.25, 0.3) is 0 Å². The van der Waals surface area contributed by atoms with Crippen LogP contribution in [0.2, 0.25) is 0 Å². The van der Waals surface area contributed by atoms with Gasteiger partial charge in [0.15, 0.2) is 0 Å². The second-order valence-electron chi connectivity index (χ2n) is 10.8. The predicted molar refractivity (Wildman–Crippen MR) is 148 cm³/mol. The summed E-state index contributed by atoms with van der Waals surface area (Å²) in [5.41, 5.74) is 7.06. The maximum absolute atomic E-state index is 13.2. The molecule has 0 N–H and O–H groups in total. The molecule has 2 heterocycles. The van der Waals surface area contributed by atoms with Gasteiger partial charge in [0.05, 0.1) is 0 Å². The minimum absolute atomic E-state index is 0.00695. The van der Waals surface area contributed by atoms with Crippen molar-refractivity contribution in [3.63, 3.8) is 0 Å². The van der Waals surface area contributed by atoms with E-state index in [1.54, 1.807) is 7.05 Å². The zero-order valence-electron chi connectivity index (χ0n) is 23.0. The third kappa shape index (κ3) is 7.33. The van der Waals surface area contributed by atoms with E-state index in [9.17, 15) is 4.79 Å².